The number of carbonyl (C=O) groups is 2. The molecule has 2 heterocycles. The van der Waals surface area contributed by atoms with E-state index in [-0.39, 0.29) is 18.2 Å². The SMILES string of the molecule is O=C(Nc1cccc(OCc2cccnc2)c1)C1CC(=O)N(c2cccc(Cl)c2)C1. The molecule has 3 aromatic rings. The number of anilines is 2. The van der Waals surface area contributed by atoms with Gasteiger partial charge >= 0.3 is 0 Å². The number of pyridine rings is 1. The normalized spacial score (nSPS) is 15.8. The second-order valence-electron chi connectivity index (χ2n) is 7.05. The summed E-state index contributed by atoms with van der Waals surface area (Å²) in [6.45, 7) is 0.708. The Morgan fingerprint density at radius 2 is 2.03 bits per heavy atom. The maximum absolute atomic E-state index is 12.7. The van der Waals surface area contributed by atoms with Gasteiger partial charge in [-0.2, -0.15) is 0 Å². The zero-order chi connectivity index (χ0) is 20.9. The van der Waals surface area contributed by atoms with E-state index in [0.29, 0.717) is 35.3 Å². The molecule has 1 aliphatic rings. The lowest BCUT2D eigenvalue weighted by Gasteiger charge is -2.17. The molecule has 1 unspecified atom stereocenters. The fourth-order valence-corrected chi connectivity index (χ4v) is 3.52. The Bertz CT molecular complexity index is 1060. The molecule has 2 aromatic carbocycles. The quantitative estimate of drug-likeness (QED) is 0.644. The van der Waals surface area contributed by atoms with Gasteiger partial charge in [0.2, 0.25) is 11.8 Å². The summed E-state index contributed by atoms with van der Waals surface area (Å²) in [4.78, 5) is 30.8. The largest absolute Gasteiger partial charge is 0.489 e. The van der Waals surface area contributed by atoms with Crippen LogP contribution < -0.4 is 15.0 Å². The van der Waals surface area contributed by atoms with Crippen molar-refractivity contribution < 1.29 is 14.3 Å². The van der Waals surface area contributed by atoms with Crippen molar-refractivity contribution >= 4 is 34.8 Å². The lowest BCUT2D eigenvalue weighted by molar-refractivity contribution is -0.122. The van der Waals surface area contributed by atoms with Crippen LogP contribution >= 0.6 is 11.6 Å². The number of nitrogens with one attached hydrogen (secondary N) is 1. The van der Waals surface area contributed by atoms with E-state index >= 15 is 0 Å². The number of rotatable bonds is 6. The van der Waals surface area contributed by atoms with Crippen molar-refractivity contribution in [3.8, 4) is 5.75 Å². The van der Waals surface area contributed by atoms with Gasteiger partial charge < -0.3 is 15.0 Å². The van der Waals surface area contributed by atoms with E-state index in [1.54, 1.807) is 47.6 Å². The van der Waals surface area contributed by atoms with Gasteiger partial charge in [0.1, 0.15) is 12.4 Å². The van der Waals surface area contributed by atoms with Crippen molar-refractivity contribution in [2.45, 2.75) is 13.0 Å². The summed E-state index contributed by atoms with van der Waals surface area (Å²) in [5, 5.41) is 3.44. The molecule has 1 saturated heterocycles. The summed E-state index contributed by atoms with van der Waals surface area (Å²) in [6.07, 6.45) is 3.62. The predicted octanol–water partition coefficient (Wildman–Crippen LogP) is 4.31. The molecule has 1 N–H and O–H groups in total. The molecule has 30 heavy (non-hydrogen) atoms. The lowest BCUT2D eigenvalue weighted by atomic mass is 10.1. The number of halogens is 1. The van der Waals surface area contributed by atoms with Crippen molar-refractivity contribution in [3.05, 3.63) is 83.6 Å². The Balaban J connectivity index is 1.37. The third kappa shape index (κ3) is 4.78. The standard InChI is InChI=1S/C23H20ClN3O3/c24-18-5-1-7-20(11-18)27-14-17(10-22(27)28)23(29)26-19-6-2-8-21(12-19)30-15-16-4-3-9-25-13-16/h1-9,11-13,17H,10,14-15H2,(H,26,29). The van der Waals surface area contributed by atoms with Gasteiger partial charge in [0.05, 0.1) is 5.92 Å². The Morgan fingerprint density at radius 3 is 2.83 bits per heavy atom. The molecule has 0 spiro atoms. The maximum atomic E-state index is 12.7. The van der Waals surface area contributed by atoms with E-state index in [4.69, 9.17) is 16.3 Å². The van der Waals surface area contributed by atoms with Gasteiger partial charge in [0.15, 0.2) is 0 Å². The van der Waals surface area contributed by atoms with Gasteiger partial charge in [-0.05, 0) is 36.4 Å². The van der Waals surface area contributed by atoms with Crippen molar-refractivity contribution in [1.29, 1.82) is 0 Å². The maximum Gasteiger partial charge on any atom is 0.229 e. The van der Waals surface area contributed by atoms with Crippen molar-refractivity contribution in [3.63, 3.8) is 0 Å². The van der Waals surface area contributed by atoms with Gasteiger partial charge in [-0.1, -0.05) is 29.8 Å². The highest BCUT2D eigenvalue weighted by atomic mass is 35.5. The van der Waals surface area contributed by atoms with Gasteiger partial charge in [-0.15, -0.1) is 0 Å². The van der Waals surface area contributed by atoms with E-state index in [0.717, 1.165) is 5.56 Å². The van der Waals surface area contributed by atoms with E-state index in [1.165, 1.54) is 0 Å². The molecule has 0 aliphatic carbocycles. The van der Waals surface area contributed by atoms with Crippen molar-refractivity contribution in [2.24, 2.45) is 5.92 Å². The monoisotopic (exact) mass is 421 g/mol. The van der Waals surface area contributed by atoms with E-state index in [9.17, 15) is 9.59 Å². The first kappa shape index (κ1) is 19.9. The predicted molar refractivity (Wildman–Crippen MR) is 116 cm³/mol. The van der Waals surface area contributed by atoms with E-state index < -0.39 is 5.92 Å². The Kier molecular flexibility index (Phi) is 5.95. The molecule has 6 nitrogen and oxygen atoms in total. The first-order chi connectivity index (χ1) is 14.6. The third-order valence-corrected chi connectivity index (χ3v) is 5.08. The van der Waals surface area contributed by atoms with Crippen LogP contribution in [0.25, 0.3) is 0 Å². The molecule has 7 heteroatoms. The zero-order valence-corrected chi connectivity index (χ0v) is 16.9. The van der Waals surface area contributed by atoms with E-state index in [1.807, 2.05) is 30.3 Å². The van der Waals surface area contributed by atoms with Crippen LogP contribution in [-0.2, 0) is 16.2 Å². The first-order valence-corrected chi connectivity index (χ1v) is 9.95. The van der Waals surface area contributed by atoms with Crippen LogP contribution in [0.4, 0.5) is 11.4 Å². The molecule has 152 valence electrons. The average molecular weight is 422 g/mol. The van der Waals surface area contributed by atoms with Crippen LogP contribution in [0.2, 0.25) is 5.02 Å². The van der Waals surface area contributed by atoms with Gasteiger partial charge in [-0.3, -0.25) is 14.6 Å². The number of amides is 2. The molecular weight excluding hydrogens is 402 g/mol. The van der Waals surface area contributed by atoms with Crippen LogP contribution in [0, 0.1) is 5.92 Å². The molecule has 1 fully saturated rings. The van der Waals surface area contributed by atoms with Crippen LogP contribution in [0.15, 0.2) is 73.1 Å². The molecule has 1 aromatic heterocycles. The lowest BCUT2D eigenvalue weighted by Crippen LogP contribution is -2.28. The topological polar surface area (TPSA) is 71.5 Å². The molecule has 0 bridgehead atoms. The molecule has 1 aliphatic heterocycles. The van der Waals surface area contributed by atoms with Gasteiger partial charge in [-0.25, -0.2) is 0 Å². The highest BCUT2D eigenvalue weighted by molar-refractivity contribution is 6.31. The summed E-state index contributed by atoms with van der Waals surface area (Å²) in [7, 11) is 0. The summed E-state index contributed by atoms with van der Waals surface area (Å²) >= 11 is 6.02. The summed E-state index contributed by atoms with van der Waals surface area (Å²) in [5.74, 6) is -0.0839. The Morgan fingerprint density at radius 1 is 1.17 bits per heavy atom. The average Bonchev–Trinajstić information content (AvgIpc) is 3.15. The van der Waals surface area contributed by atoms with Crippen LogP contribution in [0.3, 0.4) is 0 Å². The molecule has 2 amide bonds. The minimum Gasteiger partial charge on any atom is -0.489 e. The summed E-state index contributed by atoms with van der Waals surface area (Å²) in [6, 6.07) is 18.1. The van der Waals surface area contributed by atoms with Gasteiger partial charge in [0.25, 0.3) is 0 Å². The molecule has 1 atom stereocenters. The Hall–Kier alpha value is -3.38. The molecule has 0 saturated carbocycles. The highest BCUT2D eigenvalue weighted by Crippen LogP contribution is 2.28. The Labute approximate surface area is 179 Å². The van der Waals surface area contributed by atoms with Crippen LogP contribution in [0.5, 0.6) is 5.75 Å². The second-order valence-corrected chi connectivity index (χ2v) is 7.49. The minimum absolute atomic E-state index is 0.0917. The third-order valence-electron chi connectivity index (χ3n) is 4.85. The fourth-order valence-electron chi connectivity index (χ4n) is 3.33. The number of ether oxygens (including phenoxy) is 1. The number of benzene rings is 2. The van der Waals surface area contributed by atoms with Crippen LogP contribution in [0.1, 0.15) is 12.0 Å². The smallest absolute Gasteiger partial charge is 0.229 e. The number of nitrogens with zero attached hydrogens (tertiary/aromatic N) is 2. The van der Waals surface area contributed by atoms with Gasteiger partial charge in [0, 0.05) is 53.4 Å². The molecule has 0 radical (unpaired) electrons. The van der Waals surface area contributed by atoms with Crippen molar-refractivity contribution in [1.82, 2.24) is 4.98 Å². The second kappa shape index (κ2) is 8.97. The molecular formula is C23H20ClN3O3. The fraction of sp³-hybridized carbons (Fsp3) is 0.174. The van der Waals surface area contributed by atoms with Crippen molar-refractivity contribution in [2.75, 3.05) is 16.8 Å². The number of aromatic nitrogens is 1. The zero-order valence-electron chi connectivity index (χ0n) is 16.1. The summed E-state index contributed by atoms with van der Waals surface area (Å²) in [5.41, 5.74) is 2.28. The highest BCUT2D eigenvalue weighted by Gasteiger charge is 2.35. The van der Waals surface area contributed by atoms with Crippen LogP contribution in [-0.4, -0.2) is 23.3 Å². The molecule has 4 rings (SSSR count). The number of hydrogen-bond acceptors (Lipinski definition) is 4. The number of hydrogen-bond donors (Lipinski definition) is 1. The van der Waals surface area contributed by atoms with E-state index in [2.05, 4.69) is 10.3 Å². The summed E-state index contributed by atoms with van der Waals surface area (Å²) < 4.78 is 5.78. The minimum atomic E-state index is -0.434. The first-order valence-electron chi connectivity index (χ1n) is 9.57. The number of carbonyl (C=O) groups excluding carboxylic acids is 2.